The topological polar surface area (TPSA) is 159 Å². The first-order valence-electron chi connectivity index (χ1n) is 13.4. The summed E-state index contributed by atoms with van der Waals surface area (Å²) in [5, 5.41) is 33.3. The molecule has 4 bridgehead atoms. The summed E-state index contributed by atoms with van der Waals surface area (Å²) in [7, 11) is 0. The van der Waals surface area contributed by atoms with Crippen molar-refractivity contribution >= 4 is 23.3 Å². The van der Waals surface area contributed by atoms with Crippen LogP contribution in [0.3, 0.4) is 0 Å². The van der Waals surface area contributed by atoms with Crippen molar-refractivity contribution in [2.24, 2.45) is 34.5 Å². The number of nitro benzene ring substituents is 2. The average Bonchev–Trinajstić information content (AvgIpc) is 3.01. The number of fused-ring (bicyclic) bond motifs is 5. The Balaban J connectivity index is 1.46. The number of esters is 2. The van der Waals surface area contributed by atoms with Gasteiger partial charge in [0.2, 0.25) is 0 Å². The van der Waals surface area contributed by atoms with Crippen LogP contribution >= 0.6 is 0 Å². The van der Waals surface area contributed by atoms with Crippen LogP contribution in [0.15, 0.2) is 48.5 Å². The SMILES string of the molecule is C[C@H]1C[C@@H](O)[C@@H]2[C@H]3[C@H]1[C@@]2(C)[C@H](OC(=O)c1ccc([N+](=O)[O-])cc1)C[C@@H](OC(=O)c1ccc([N+](=O)[O-])cc1)C3(C)C. The fourth-order valence-corrected chi connectivity index (χ4v) is 7.93. The third-order valence-corrected chi connectivity index (χ3v) is 9.79. The molecule has 212 valence electrons. The van der Waals surface area contributed by atoms with Crippen molar-refractivity contribution < 1.29 is 34.0 Å². The fraction of sp³-hybridized carbons (Fsp3) is 0.517. The first kappa shape index (κ1) is 27.7. The third-order valence-electron chi connectivity index (χ3n) is 9.79. The van der Waals surface area contributed by atoms with Crippen LogP contribution in [-0.2, 0) is 9.47 Å². The Morgan fingerprint density at radius 2 is 1.23 bits per heavy atom. The van der Waals surface area contributed by atoms with E-state index < -0.39 is 50.9 Å². The van der Waals surface area contributed by atoms with E-state index in [2.05, 4.69) is 6.92 Å². The lowest BCUT2D eigenvalue weighted by atomic mass is 9.35. The molecule has 40 heavy (non-hydrogen) atoms. The van der Waals surface area contributed by atoms with Gasteiger partial charge in [-0.3, -0.25) is 20.2 Å². The number of carbonyl (C=O) groups is 2. The van der Waals surface area contributed by atoms with Gasteiger partial charge in [-0.25, -0.2) is 9.59 Å². The van der Waals surface area contributed by atoms with Gasteiger partial charge in [0.15, 0.2) is 0 Å². The zero-order chi connectivity index (χ0) is 29.1. The fourth-order valence-electron chi connectivity index (χ4n) is 7.93. The summed E-state index contributed by atoms with van der Waals surface area (Å²) in [5.74, 6) is -1.22. The lowest BCUT2D eigenvalue weighted by Gasteiger charge is -2.70. The van der Waals surface area contributed by atoms with Gasteiger partial charge in [0.25, 0.3) is 11.4 Å². The highest BCUT2D eigenvalue weighted by molar-refractivity contribution is 5.90. The number of nitro groups is 2. The number of aliphatic hydroxyl groups excluding tert-OH is 1. The predicted molar refractivity (Wildman–Crippen MR) is 141 cm³/mol. The van der Waals surface area contributed by atoms with E-state index in [1.807, 2.05) is 20.8 Å². The standard InChI is InChI=1S/C29H32N2O9/c1-15-13-20(32)24-25-23(15)29(24,4)22(40-27(34)17-7-11-19(12-8-17)31(37)38)14-21(28(25,2)3)39-26(33)16-5-9-18(10-6-16)30(35)36/h5-12,15,20-25,32H,13-14H2,1-4H3/t15-,20+,21+,22+,23-,24+,25+,29+/m0/s1. The number of rotatable bonds is 6. The summed E-state index contributed by atoms with van der Waals surface area (Å²) in [4.78, 5) is 47.4. The molecule has 5 saturated carbocycles. The lowest BCUT2D eigenvalue weighted by molar-refractivity contribution is -0.385. The second-order valence-corrected chi connectivity index (χ2v) is 12.2. The van der Waals surface area contributed by atoms with Crippen LogP contribution in [0, 0.1) is 54.7 Å². The molecular weight excluding hydrogens is 520 g/mol. The number of non-ortho nitro benzene ring substituents is 2. The van der Waals surface area contributed by atoms with Crippen LogP contribution in [0.4, 0.5) is 11.4 Å². The molecule has 2 aromatic carbocycles. The van der Waals surface area contributed by atoms with Gasteiger partial charge in [0.1, 0.15) is 12.2 Å². The van der Waals surface area contributed by atoms with E-state index >= 15 is 0 Å². The van der Waals surface area contributed by atoms with Crippen molar-refractivity contribution in [2.75, 3.05) is 0 Å². The summed E-state index contributed by atoms with van der Waals surface area (Å²) >= 11 is 0. The molecule has 0 spiro atoms. The number of nitrogens with zero attached hydrogens (tertiary/aromatic N) is 2. The zero-order valence-electron chi connectivity index (χ0n) is 22.7. The van der Waals surface area contributed by atoms with Gasteiger partial charge in [-0.15, -0.1) is 0 Å². The largest absolute Gasteiger partial charge is 0.458 e. The third kappa shape index (κ3) is 4.23. The second kappa shape index (κ2) is 9.65. The second-order valence-electron chi connectivity index (χ2n) is 12.2. The first-order chi connectivity index (χ1) is 18.8. The zero-order valence-corrected chi connectivity index (χ0v) is 22.7. The molecule has 0 unspecified atom stereocenters. The molecule has 0 heterocycles. The van der Waals surface area contributed by atoms with Gasteiger partial charge in [-0.05, 0) is 54.4 Å². The van der Waals surface area contributed by atoms with Crippen LogP contribution in [0.1, 0.15) is 61.3 Å². The minimum absolute atomic E-state index is 0.00832. The van der Waals surface area contributed by atoms with E-state index in [-0.39, 0.29) is 52.6 Å². The van der Waals surface area contributed by atoms with Gasteiger partial charge in [0, 0.05) is 41.5 Å². The van der Waals surface area contributed by atoms with Gasteiger partial charge in [-0.2, -0.15) is 0 Å². The van der Waals surface area contributed by atoms with Crippen molar-refractivity contribution in [3.05, 3.63) is 79.9 Å². The number of aliphatic hydroxyl groups is 1. The molecule has 7 rings (SSSR count). The normalized spacial score (nSPS) is 33.6. The maximum absolute atomic E-state index is 13.3. The molecule has 0 saturated heterocycles. The van der Waals surface area contributed by atoms with Crippen molar-refractivity contribution in [3.63, 3.8) is 0 Å². The maximum atomic E-state index is 13.3. The minimum Gasteiger partial charge on any atom is -0.458 e. The molecular formula is C29H32N2O9. The van der Waals surface area contributed by atoms with Crippen molar-refractivity contribution in [1.29, 1.82) is 0 Å². The van der Waals surface area contributed by atoms with Gasteiger partial charge >= 0.3 is 11.9 Å². The Morgan fingerprint density at radius 1 is 0.775 bits per heavy atom. The number of benzene rings is 2. The highest BCUT2D eigenvalue weighted by atomic mass is 16.6. The summed E-state index contributed by atoms with van der Waals surface area (Å²) in [6.07, 6.45) is -1.16. The number of hydrogen-bond donors (Lipinski definition) is 1. The summed E-state index contributed by atoms with van der Waals surface area (Å²) in [6.45, 7) is 8.14. The molecule has 0 amide bonds. The number of hydrogen-bond acceptors (Lipinski definition) is 9. The molecule has 2 aromatic rings. The highest BCUT2D eigenvalue weighted by Crippen LogP contribution is 2.74. The predicted octanol–water partition coefficient (Wildman–Crippen LogP) is 4.95. The molecule has 5 aliphatic carbocycles. The summed E-state index contributed by atoms with van der Waals surface area (Å²) in [6, 6.07) is 10.3. The van der Waals surface area contributed by atoms with E-state index in [4.69, 9.17) is 9.47 Å². The van der Waals surface area contributed by atoms with E-state index in [0.29, 0.717) is 6.42 Å². The molecule has 0 aliphatic heterocycles. The van der Waals surface area contributed by atoms with E-state index in [1.165, 1.54) is 48.5 Å². The Bertz CT molecular complexity index is 1340. The first-order valence-corrected chi connectivity index (χ1v) is 13.4. The Kier molecular flexibility index (Phi) is 6.68. The Hall–Kier alpha value is -3.86. The van der Waals surface area contributed by atoms with Crippen LogP contribution in [0.2, 0.25) is 0 Å². The highest BCUT2D eigenvalue weighted by Gasteiger charge is 2.75. The van der Waals surface area contributed by atoms with Crippen molar-refractivity contribution in [2.45, 2.75) is 58.8 Å². The molecule has 11 nitrogen and oxygen atoms in total. The molecule has 0 aromatic heterocycles. The Morgan fingerprint density at radius 3 is 1.65 bits per heavy atom. The molecule has 1 N–H and O–H groups in total. The van der Waals surface area contributed by atoms with Crippen LogP contribution in [0.25, 0.3) is 0 Å². The molecule has 11 heteroatoms. The van der Waals surface area contributed by atoms with Gasteiger partial charge in [-0.1, -0.05) is 27.7 Å². The number of ether oxygens (including phenoxy) is 2. The molecule has 8 atom stereocenters. The van der Waals surface area contributed by atoms with Gasteiger partial charge in [0.05, 0.1) is 27.1 Å². The quantitative estimate of drug-likeness (QED) is 0.297. The molecule has 5 aliphatic rings. The average molecular weight is 553 g/mol. The number of carbonyl (C=O) groups excluding carboxylic acids is 2. The van der Waals surface area contributed by atoms with E-state index in [1.54, 1.807) is 0 Å². The van der Waals surface area contributed by atoms with Crippen LogP contribution in [0.5, 0.6) is 0 Å². The van der Waals surface area contributed by atoms with Gasteiger partial charge < -0.3 is 14.6 Å². The van der Waals surface area contributed by atoms with Crippen molar-refractivity contribution in [3.8, 4) is 0 Å². The summed E-state index contributed by atoms with van der Waals surface area (Å²) < 4.78 is 12.2. The van der Waals surface area contributed by atoms with E-state index in [0.717, 1.165) is 0 Å². The lowest BCUT2D eigenvalue weighted by Crippen LogP contribution is -2.71. The maximum Gasteiger partial charge on any atom is 0.338 e. The van der Waals surface area contributed by atoms with Crippen LogP contribution in [-0.4, -0.2) is 45.2 Å². The Labute approximate surface area is 230 Å². The van der Waals surface area contributed by atoms with Crippen LogP contribution < -0.4 is 0 Å². The van der Waals surface area contributed by atoms with Crippen molar-refractivity contribution in [1.82, 2.24) is 0 Å². The minimum atomic E-state index is -0.699. The van der Waals surface area contributed by atoms with E-state index in [9.17, 15) is 34.9 Å². The molecule has 0 radical (unpaired) electrons. The summed E-state index contributed by atoms with van der Waals surface area (Å²) in [5.41, 5.74) is -1.11. The monoisotopic (exact) mass is 552 g/mol. The smallest absolute Gasteiger partial charge is 0.338 e. The molecule has 5 fully saturated rings.